The van der Waals surface area contributed by atoms with Crippen LogP contribution < -0.4 is 10.6 Å². The second kappa shape index (κ2) is 6.39. The quantitative estimate of drug-likeness (QED) is 0.790. The van der Waals surface area contributed by atoms with E-state index in [2.05, 4.69) is 17.6 Å². The van der Waals surface area contributed by atoms with E-state index in [0.29, 0.717) is 0 Å². The lowest BCUT2D eigenvalue weighted by Crippen LogP contribution is -2.47. The van der Waals surface area contributed by atoms with E-state index in [0.717, 1.165) is 31.3 Å². The second-order valence-electron chi connectivity index (χ2n) is 5.87. The Kier molecular flexibility index (Phi) is 4.84. The minimum Gasteiger partial charge on any atom is -0.354 e. The van der Waals surface area contributed by atoms with Crippen molar-refractivity contribution in [2.75, 3.05) is 13.1 Å². The zero-order chi connectivity index (χ0) is 12.1. The molecular formula is C14H26N2O. The highest BCUT2D eigenvalue weighted by atomic mass is 16.2. The largest absolute Gasteiger partial charge is 0.354 e. The standard InChI is InChI=1S/C14H26N2O/c1-11-5-7-12(8-6-11)10-16-14(17)13-4-2-3-9-15-13/h11-13,15H,2-10H2,1H3,(H,16,17)/t11?,12?,13-/m1/s1. The van der Waals surface area contributed by atoms with E-state index < -0.39 is 0 Å². The molecule has 1 saturated carbocycles. The molecule has 0 radical (unpaired) electrons. The molecule has 2 fully saturated rings. The molecule has 0 unspecified atom stereocenters. The van der Waals surface area contributed by atoms with Gasteiger partial charge in [0.2, 0.25) is 5.91 Å². The highest BCUT2D eigenvalue weighted by molar-refractivity contribution is 5.81. The summed E-state index contributed by atoms with van der Waals surface area (Å²) >= 11 is 0. The summed E-state index contributed by atoms with van der Waals surface area (Å²) < 4.78 is 0. The molecule has 2 aliphatic rings. The van der Waals surface area contributed by atoms with Crippen molar-refractivity contribution in [2.45, 2.75) is 57.9 Å². The fourth-order valence-corrected chi connectivity index (χ4v) is 2.98. The Labute approximate surface area is 105 Å². The monoisotopic (exact) mass is 238 g/mol. The molecule has 0 aromatic carbocycles. The van der Waals surface area contributed by atoms with E-state index in [1.165, 1.54) is 38.5 Å². The van der Waals surface area contributed by atoms with Gasteiger partial charge in [0.05, 0.1) is 6.04 Å². The van der Waals surface area contributed by atoms with E-state index in [-0.39, 0.29) is 11.9 Å². The minimum absolute atomic E-state index is 0.0752. The Morgan fingerprint density at radius 3 is 2.59 bits per heavy atom. The van der Waals surface area contributed by atoms with Crippen LogP contribution in [0.2, 0.25) is 0 Å². The molecule has 1 aliphatic carbocycles. The fraction of sp³-hybridized carbons (Fsp3) is 0.929. The van der Waals surface area contributed by atoms with Gasteiger partial charge in [0.1, 0.15) is 0 Å². The molecular weight excluding hydrogens is 212 g/mol. The average Bonchev–Trinajstić information content (AvgIpc) is 2.39. The van der Waals surface area contributed by atoms with Gasteiger partial charge in [-0.25, -0.2) is 0 Å². The third-order valence-corrected chi connectivity index (χ3v) is 4.33. The number of hydrogen-bond donors (Lipinski definition) is 2. The number of carbonyl (C=O) groups excluding carboxylic acids is 1. The number of hydrogen-bond acceptors (Lipinski definition) is 2. The van der Waals surface area contributed by atoms with Crippen molar-refractivity contribution in [3.63, 3.8) is 0 Å². The third-order valence-electron chi connectivity index (χ3n) is 4.33. The van der Waals surface area contributed by atoms with Gasteiger partial charge in [-0.15, -0.1) is 0 Å². The molecule has 1 heterocycles. The molecule has 2 N–H and O–H groups in total. The zero-order valence-corrected chi connectivity index (χ0v) is 11.0. The summed E-state index contributed by atoms with van der Waals surface area (Å²) in [5.41, 5.74) is 0. The van der Waals surface area contributed by atoms with Gasteiger partial charge in [-0.3, -0.25) is 4.79 Å². The second-order valence-corrected chi connectivity index (χ2v) is 5.87. The molecule has 0 aromatic heterocycles. The topological polar surface area (TPSA) is 41.1 Å². The van der Waals surface area contributed by atoms with Crippen LogP contribution in [-0.4, -0.2) is 25.0 Å². The Hall–Kier alpha value is -0.570. The van der Waals surface area contributed by atoms with Crippen LogP contribution in [-0.2, 0) is 4.79 Å². The molecule has 3 heteroatoms. The lowest BCUT2D eigenvalue weighted by atomic mass is 9.83. The third kappa shape index (κ3) is 3.98. The average molecular weight is 238 g/mol. The van der Waals surface area contributed by atoms with Crippen molar-refractivity contribution < 1.29 is 4.79 Å². The van der Waals surface area contributed by atoms with E-state index >= 15 is 0 Å². The van der Waals surface area contributed by atoms with E-state index in [1.54, 1.807) is 0 Å². The van der Waals surface area contributed by atoms with Crippen molar-refractivity contribution >= 4 is 5.91 Å². The number of nitrogens with one attached hydrogen (secondary N) is 2. The van der Waals surface area contributed by atoms with Gasteiger partial charge in [0.25, 0.3) is 0 Å². The highest BCUT2D eigenvalue weighted by Crippen LogP contribution is 2.27. The van der Waals surface area contributed by atoms with Gasteiger partial charge in [0, 0.05) is 6.54 Å². The Morgan fingerprint density at radius 2 is 1.94 bits per heavy atom. The van der Waals surface area contributed by atoms with Gasteiger partial charge in [-0.2, -0.15) is 0 Å². The van der Waals surface area contributed by atoms with Crippen LogP contribution in [0.5, 0.6) is 0 Å². The van der Waals surface area contributed by atoms with Gasteiger partial charge < -0.3 is 10.6 Å². The van der Waals surface area contributed by atoms with Gasteiger partial charge in [-0.1, -0.05) is 26.2 Å². The van der Waals surface area contributed by atoms with E-state index in [1.807, 2.05) is 0 Å². The van der Waals surface area contributed by atoms with Crippen LogP contribution in [0.15, 0.2) is 0 Å². The first-order chi connectivity index (χ1) is 8.25. The van der Waals surface area contributed by atoms with Gasteiger partial charge >= 0.3 is 0 Å². The molecule has 0 aromatic rings. The Morgan fingerprint density at radius 1 is 1.18 bits per heavy atom. The SMILES string of the molecule is CC1CCC(CNC(=O)[C@H]2CCCCN2)CC1. The van der Waals surface area contributed by atoms with Gasteiger partial charge in [0.15, 0.2) is 0 Å². The number of amides is 1. The summed E-state index contributed by atoms with van der Waals surface area (Å²) in [7, 11) is 0. The first-order valence-corrected chi connectivity index (χ1v) is 7.27. The van der Waals surface area contributed by atoms with Crippen LogP contribution in [0.4, 0.5) is 0 Å². The van der Waals surface area contributed by atoms with Crippen molar-refractivity contribution in [1.29, 1.82) is 0 Å². The first-order valence-electron chi connectivity index (χ1n) is 7.27. The van der Waals surface area contributed by atoms with Crippen LogP contribution in [0, 0.1) is 11.8 Å². The highest BCUT2D eigenvalue weighted by Gasteiger charge is 2.22. The molecule has 0 bridgehead atoms. The Balaban J connectivity index is 1.65. The first kappa shape index (κ1) is 12.9. The summed E-state index contributed by atoms with van der Waals surface area (Å²) in [6, 6.07) is 0.0752. The molecule has 98 valence electrons. The number of piperidine rings is 1. The van der Waals surface area contributed by atoms with Gasteiger partial charge in [-0.05, 0) is 44.1 Å². The predicted molar refractivity (Wildman–Crippen MR) is 69.8 cm³/mol. The summed E-state index contributed by atoms with van der Waals surface area (Å²) in [6.45, 7) is 4.23. The lowest BCUT2D eigenvalue weighted by molar-refractivity contribution is -0.123. The Bertz CT molecular complexity index is 241. The molecule has 1 aliphatic heterocycles. The zero-order valence-electron chi connectivity index (χ0n) is 11.0. The number of rotatable bonds is 3. The summed E-state index contributed by atoms with van der Waals surface area (Å²) in [4.78, 5) is 11.9. The van der Waals surface area contributed by atoms with Crippen molar-refractivity contribution in [2.24, 2.45) is 11.8 Å². The maximum atomic E-state index is 11.9. The van der Waals surface area contributed by atoms with Crippen LogP contribution in [0.1, 0.15) is 51.9 Å². The molecule has 1 saturated heterocycles. The summed E-state index contributed by atoms with van der Waals surface area (Å²) in [5.74, 6) is 1.84. The molecule has 1 atom stereocenters. The van der Waals surface area contributed by atoms with Crippen LogP contribution >= 0.6 is 0 Å². The van der Waals surface area contributed by atoms with E-state index in [4.69, 9.17) is 0 Å². The minimum atomic E-state index is 0.0752. The molecule has 0 spiro atoms. The van der Waals surface area contributed by atoms with Crippen molar-refractivity contribution in [3.8, 4) is 0 Å². The smallest absolute Gasteiger partial charge is 0.237 e. The fourth-order valence-electron chi connectivity index (χ4n) is 2.98. The molecule has 3 nitrogen and oxygen atoms in total. The van der Waals surface area contributed by atoms with Crippen LogP contribution in [0.25, 0.3) is 0 Å². The van der Waals surface area contributed by atoms with Crippen molar-refractivity contribution in [3.05, 3.63) is 0 Å². The van der Waals surface area contributed by atoms with E-state index in [9.17, 15) is 4.79 Å². The maximum Gasteiger partial charge on any atom is 0.237 e. The van der Waals surface area contributed by atoms with Crippen LogP contribution in [0.3, 0.4) is 0 Å². The lowest BCUT2D eigenvalue weighted by Gasteiger charge is -2.28. The molecule has 17 heavy (non-hydrogen) atoms. The summed E-state index contributed by atoms with van der Waals surface area (Å²) in [6.07, 6.45) is 8.66. The molecule has 1 amide bonds. The predicted octanol–water partition coefficient (Wildman–Crippen LogP) is 2.07. The normalized spacial score (nSPS) is 34.3. The maximum absolute atomic E-state index is 11.9. The summed E-state index contributed by atoms with van der Waals surface area (Å²) in [5, 5.41) is 6.44. The number of carbonyl (C=O) groups is 1. The van der Waals surface area contributed by atoms with Crippen molar-refractivity contribution in [1.82, 2.24) is 10.6 Å². The molecule has 2 rings (SSSR count).